The minimum atomic E-state index is -1.39. The number of ether oxygens (including phenoxy) is 2. The van der Waals surface area contributed by atoms with Crippen LogP contribution in [0.4, 0.5) is 10.5 Å². The number of carbonyl (C=O) groups excluding carboxylic acids is 2. The van der Waals surface area contributed by atoms with Crippen LogP contribution in [0.5, 0.6) is 0 Å². The fourth-order valence-corrected chi connectivity index (χ4v) is 3.19. The van der Waals surface area contributed by atoms with Crippen LogP contribution in [0.1, 0.15) is 34.1 Å². The van der Waals surface area contributed by atoms with Crippen molar-refractivity contribution in [3.63, 3.8) is 0 Å². The molecule has 0 aromatic heterocycles. The summed E-state index contributed by atoms with van der Waals surface area (Å²) >= 11 is 5.95. The van der Waals surface area contributed by atoms with Crippen molar-refractivity contribution in [3.05, 3.63) is 29.3 Å². The standard InChI is InChI=1S/C21H33ClN4O6/c1-5-31-18(32-6-2)11-13(3)24-19(27)14(4)26(16-9-7-15(22)8-10-16)20(28)17(12-23)25-21(29)30/h7-10,13-14,17-18,25H,5-6,11-12,23H2,1-4H3,(H,24,27)(H,29,30). The van der Waals surface area contributed by atoms with Gasteiger partial charge in [-0.05, 0) is 52.0 Å². The van der Waals surface area contributed by atoms with Gasteiger partial charge in [0.25, 0.3) is 5.91 Å². The minimum absolute atomic E-state index is 0.273. The van der Waals surface area contributed by atoms with Gasteiger partial charge >= 0.3 is 6.09 Å². The molecule has 32 heavy (non-hydrogen) atoms. The van der Waals surface area contributed by atoms with Crippen molar-refractivity contribution in [1.29, 1.82) is 0 Å². The third-order valence-electron chi connectivity index (χ3n) is 4.58. The molecule has 3 amide bonds. The van der Waals surface area contributed by atoms with Gasteiger partial charge in [0, 0.05) is 42.9 Å². The van der Waals surface area contributed by atoms with E-state index >= 15 is 0 Å². The number of hydrogen-bond donors (Lipinski definition) is 4. The predicted octanol–water partition coefficient (Wildman–Crippen LogP) is 1.95. The van der Waals surface area contributed by atoms with Crippen LogP contribution in [0.2, 0.25) is 5.02 Å². The highest BCUT2D eigenvalue weighted by Crippen LogP contribution is 2.22. The minimum Gasteiger partial charge on any atom is -0.465 e. The summed E-state index contributed by atoms with van der Waals surface area (Å²) in [6.07, 6.45) is -1.44. The van der Waals surface area contributed by atoms with Gasteiger partial charge in [0.2, 0.25) is 5.91 Å². The van der Waals surface area contributed by atoms with Crippen molar-refractivity contribution >= 4 is 35.2 Å². The van der Waals surface area contributed by atoms with E-state index in [-0.39, 0.29) is 12.6 Å². The van der Waals surface area contributed by atoms with Crippen molar-refractivity contribution in [2.45, 2.75) is 58.5 Å². The zero-order chi connectivity index (χ0) is 24.3. The Labute approximate surface area is 193 Å². The van der Waals surface area contributed by atoms with Crippen LogP contribution in [0.15, 0.2) is 24.3 Å². The topological polar surface area (TPSA) is 143 Å². The smallest absolute Gasteiger partial charge is 0.405 e. The van der Waals surface area contributed by atoms with E-state index in [1.54, 1.807) is 38.1 Å². The summed E-state index contributed by atoms with van der Waals surface area (Å²) in [4.78, 5) is 38.4. The number of nitrogens with zero attached hydrogens (tertiary/aromatic N) is 1. The maximum atomic E-state index is 13.1. The van der Waals surface area contributed by atoms with Crippen LogP contribution in [-0.2, 0) is 19.1 Å². The average molecular weight is 473 g/mol. The third-order valence-corrected chi connectivity index (χ3v) is 4.83. The van der Waals surface area contributed by atoms with Crippen molar-refractivity contribution in [3.8, 4) is 0 Å². The highest BCUT2D eigenvalue weighted by molar-refractivity contribution is 6.30. The summed E-state index contributed by atoms with van der Waals surface area (Å²) in [5.74, 6) is -1.09. The number of amides is 3. The van der Waals surface area contributed by atoms with Gasteiger partial charge in [0.15, 0.2) is 6.29 Å². The van der Waals surface area contributed by atoms with Gasteiger partial charge in [-0.1, -0.05) is 11.6 Å². The first-order valence-electron chi connectivity index (χ1n) is 10.5. The van der Waals surface area contributed by atoms with E-state index in [4.69, 9.17) is 31.9 Å². The number of anilines is 1. The van der Waals surface area contributed by atoms with E-state index in [0.717, 1.165) is 0 Å². The van der Waals surface area contributed by atoms with E-state index in [0.29, 0.717) is 30.3 Å². The van der Waals surface area contributed by atoms with Gasteiger partial charge in [-0.3, -0.25) is 14.5 Å². The number of hydrogen-bond acceptors (Lipinski definition) is 6. The quantitative estimate of drug-likeness (QED) is 0.321. The molecule has 11 heteroatoms. The molecule has 0 aliphatic rings. The molecule has 0 aliphatic heterocycles. The van der Waals surface area contributed by atoms with Gasteiger partial charge in [-0.25, -0.2) is 4.79 Å². The molecule has 3 atom stereocenters. The number of halogens is 1. The summed E-state index contributed by atoms with van der Waals surface area (Å²) in [6, 6.07) is 3.79. The van der Waals surface area contributed by atoms with E-state index in [1.165, 1.54) is 4.90 Å². The Balaban J connectivity index is 3.07. The van der Waals surface area contributed by atoms with E-state index in [9.17, 15) is 14.4 Å². The molecule has 180 valence electrons. The molecule has 3 unspecified atom stereocenters. The Kier molecular flexibility index (Phi) is 12.0. The lowest BCUT2D eigenvalue weighted by atomic mass is 10.1. The van der Waals surface area contributed by atoms with E-state index in [1.807, 2.05) is 13.8 Å². The van der Waals surface area contributed by atoms with Crippen LogP contribution >= 0.6 is 11.6 Å². The van der Waals surface area contributed by atoms with Gasteiger partial charge in [0.1, 0.15) is 12.1 Å². The largest absolute Gasteiger partial charge is 0.465 e. The molecule has 0 saturated carbocycles. The Bertz CT molecular complexity index is 742. The lowest BCUT2D eigenvalue weighted by Gasteiger charge is -2.32. The molecular formula is C21H33ClN4O6. The normalized spacial score (nSPS) is 13.8. The van der Waals surface area contributed by atoms with Crippen LogP contribution in [0, 0.1) is 0 Å². The number of carbonyl (C=O) groups is 3. The molecule has 5 N–H and O–H groups in total. The van der Waals surface area contributed by atoms with Crippen molar-refractivity contribution < 1.29 is 29.0 Å². The van der Waals surface area contributed by atoms with Crippen LogP contribution in [0.25, 0.3) is 0 Å². The molecule has 1 rings (SSSR count). The monoisotopic (exact) mass is 472 g/mol. The molecule has 1 aromatic rings. The number of benzene rings is 1. The van der Waals surface area contributed by atoms with Gasteiger partial charge in [-0.15, -0.1) is 0 Å². The lowest BCUT2D eigenvalue weighted by Crippen LogP contribution is -2.58. The predicted molar refractivity (Wildman–Crippen MR) is 122 cm³/mol. The molecule has 0 aliphatic carbocycles. The molecular weight excluding hydrogens is 440 g/mol. The number of rotatable bonds is 13. The summed E-state index contributed by atoms with van der Waals surface area (Å²) in [7, 11) is 0. The SMILES string of the molecule is CCOC(CC(C)NC(=O)C(C)N(C(=O)C(CN)NC(=O)O)c1ccc(Cl)cc1)OCC. The lowest BCUT2D eigenvalue weighted by molar-refractivity contribution is -0.144. The number of carboxylic acid groups (broad SMARTS) is 1. The maximum absolute atomic E-state index is 13.1. The molecule has 0 heterocycles. The highest BCUT2D eigenvalue weighted by atomic mass is 35.5. The second-order valence-electron chi connectivity index (χ2n) is 7.08. The molecule has 0 bridgehead atoms. The Hall–Kier alpha value is -2.40. The maximum Gasteiger partial charge on any atom is 0.405 e. The molecule has 0 saturated heterocycles. The van der Waals surface area contributed by atoms with Crippen molar-refractivity contribution in [1.82, 2.24) is 10.6 Å². The average Bonchev–Trinajstić information content (AvgIpc) is 2.73. The van der Waals surface area contributed by atoms with E-state index in [2.05, 4.69) is 10.6 Å². The molecule has 0 fully saturated rings. The number of nitrogens with two attached hydrogens (primary N) is 1. The first-order chi connectivity index (χ1) is 15.1. The summed E-state index contributed by atoms with van der Waals surface area (Å²) in [5, 5.41) is 14.4. The fourth-order valence-electron chi connectivity index (χ4n) is 3.07. The fraction of sp³-hybridized carbons (Fsp3) is 0.571. The highest BCUT2D eigenvalue weighted by Gasteiger charge is 2.33. The Morgan fingerprint density at radius 2 is 1.66 bits per heavy atom. The first-order valence-corrected chi connectivity index (χ1v) is 10.8. The molecule has 0 radical (unpaired) electrons. The van der Waals surface area contributed by atoms with Gasteiger partial charge < -0.3 is 30.9 Å². The zero-order valence-electron chi connectivity index (χ0n) is 18.8. The number of nitrogens with one attached hydrogen (secondary N) is 2. The second kappa shape index (κ2) is 13.9. The zero-order valence-corrected chi connectivity index (χ0v) is 19.6. The summed E-state index contributed by atoms with van der Waals surface area (Å²) < 4.78 is 11.0. The Morgan fingerprint density at radius 1 is 1.09 bits per heavy atom. The third kappa shape index (κ3) is 8.62. The van der Waals surface area contributed by atoms with Gasteiger partial charge in [0.05, 0.1) is 0 Å². The van der Waals surface area contributed by atoms with Crippen molar-refractivity contribution in [2.24, 2.45) is 5.73 Å². The van der Waals surface area contributed by atoms with Crippen LogP contribution < -0.4 is 21.3 Å². The summed E-state index contributed by atoms with van der Waals surface area (Å²) in [6.45, 7) is 7.72. The van der Waals surface area contributed by atoms with Gasteiger partial charge in [-0.2, -0.15) is 0 Å². The van der Waals surface area contributed by atoms with Crippen molar-refractivity contribution in [2.75, 3.05) is 24.7 Å². The molecule has 10 nitrogen and oxygen atoms in total. The summed E-state index contributed by atoms with van der Waals surface area (Å²) in [5.41, 5.74) is 5.98. The first kappa shape index (κ1) is 27.6. The van der Waals surface area contributed by atoms with Crippen LogP contribution in [0.3, 0.4) is 0 Å². The van der Waals surface area contributed by atoms with Crippen LogP contribution in [-0.4, -0.2) is 67.2 Å². The van der Waals surface area contributed by atoms with E-state index < -0.39 is 36.3 Å². The second-order valence-corrected chi connectivity index (χ2v) is 7.52. The Morgan fingerprint density at radius 3 is 2.12 bits per heavy atom. The molecule has 0 spiro atoms. The molecule has 1 aromatic carbocycles.